The molecular weight excluding hydrogens is 260 g/mol. The van der Waals surface area contributed by atoms with Gasteiger partial charge in [0.1, 0.15) is 0 Å². The van der Waals surface area contributed by atoms with Crippen LogP contribution < -0.4 is 5.32 Å². The molecule has 0 aromatic rings. The van der Waals surface area contributed by atoms with Crippen LogP contribution >= 0.6 is 0 Å². The molecule has 0 radical (unpaired) electrons. The van der Waals surface area contributed by atoms with Crippen LogP contribution in [0.2, 0.25) is 0 Å². The second kappa shape index (κ2) is 6.87. The third-order valence-electron chi connectivity index (χ3n) is 5.56. The van der Waals surface area contributed by atoms with Gasteiger partial charge in [-0.05, 0) is 44.1 Å². The van der Waals surface area contributed by atoms with Gasteiger partial charge in [-0.3, -0.25) is 4.90 Å². The molecule has 0 aromatic heterocycles. The van der Waals surface area contributed by atoms with Gasteiger partial charge in [0.25, 0.3) is 0 Å². The lowest BCUT2D eigenvalue weighted by molar-refractivity contribution is 0.125. The van der Waals surface area contributed by atoms with E-state index in [4.69, 9.17) is 0 Å². The highest BCUT2D eigenvalue weighted by Crippen LogP contribution is 2.35. The lowest BCUT2D eigenvalue weighted by Gasteiger charge is -2.42. The van der Waals surface area contributed by atoms with E-state index in [0.717, 1.165) is 31.0 Å². The highest BCUT2D eigenvalue weighted by molar-refractivity contribution is 5.20. The topological polar surface area (TPSA) is 35.5 Å². The van der Waals surface area contributed by atoms with E-state index in [0.29, 0.717) is 23.9 Å². The summed E-state index contributed by atoms with van der Waals surface area (Å²) in [6.45, 7) is 10.2. The molecule has 2 rings (SSSR count). The molecule has 3 unspecified atom stereocenters. The lowest BCUT2D eigenvalue weighted by atomic mass is 9.77. The van der Waals surface area contributed by atoms with E-state index < -0.39 is 0 Å². The summed E-state index contributed by atoms with van der Waals surface area (Å²) in [4.78, 5) is 2.58. The van der Waals surface area contributed by atoms with Crippen LogP contribution in [0.3, 0.4) is 0 Å². The van der Waals surface area contributed by atoms with Crippen molar-refractivity contribution in [3.63, 3.8) is 0 Å². The fraction of sp³-hybridized carbons (Fsp3) is 0.778. The van der Waals surface area contributed by atoms with Gasteiger partial charge in [0.2, 0.25) is 0 Å². The van der Waals surface area contributed by atoms with Gasteiger partial charge in [0.05, 0.1) is 6.26 Å². The monoisotopic (exact) mass is 292 g/mol. The van der Waals surface area contributed by atoms with Gasteiger partial charge in [-0.25, -0.2) is 0 Å². The number of allylic oxidation sites excluding steroid dienone is 2. The summed E-state index contributed by atoms with van der Waals surface area (Å²) in [7, 11) is 2.28. The minimum Gasteiger partial charge on any atom is -0.514 e. The van der Waals surface area contributed by atoms with Crippen LogP contribution in [0.25, 0.3) is 0 Å². The predicted molar refractivity (Wildman–Crippen MR) is 89.2 cm³/mol. The molecule has 2 aliphatic rings. The Morgan fingerprint density at radius 3 is 2.67 bits per heavy atom. The van der Waals surface area contributed by atoms with Gasteiger partial charge in [-0.1, -0.05) is 39.3 Å². The third kappa shape index (κ3) is 3.63. The number of rotatable bonds is 1. The Balaban J connectivity index is 2.32. The minimum atomic E-state index is 0.493. The van der Waals surface area contributed by atoms with Crippen molar-refractivity contribution in [3.8, 4) is 0 Å². The number of aliphatic hydroxyl groups excluding tert-OH is 1. The van der Waals surface area contributed by atoms with Crippen molar-refractivity contribution in [2.24, 2.45) is 17.8 Å². The van der Waals surface area contributed by atoms with Gasteiger partial charge in [0.15, 0.2) is 0 Å². The summed E-state index contributed by atoms with van der Waals surface area (Å²) in [6.07, 6.45) is 6.97. The number of fused-ring (bicyclic) bond motifs is 1. The summed E-state index contributed by atoms with van der Waals surface area (Å²) in [6, 6.07) is 1.05. The summed E-state index contributed by atoms with van der Waals surface area (Å²) < 4.78 is 0. The zero-order valence-corrected chi connectivity index (χ0v) is 14.3. The Kier molecular flexibility index (Phi) is 5.37. The lowest BCUT2D eigenvalue weighted by Crippen LogP contribution is -2.49. The molecule has 4 atom stereocenters. The highest BCUT2D eigenvalue weighted by atomic mass is 16.2. The van der Waals surface area contributed by atoms with Crippen molar-refractivity contribution in [1.29, 1.82) is 0 Å². The molecule has 1 fully saturated rings. The smallest absolute Gasteiger partial charge is 0.0981 e. The normalized spacial score (nSPS) is 37.2. The average Bonchev–Trinajstić information content (AvgIpc) is 2.50. The summed E-state index contributed by atoms with van der Waals surface area (Å²) >= 11 is 0. The van der Waals surface area contributed by atoms with E-state index in [2.05, 4.69) is 51.0 Å². The van der Waals surface area contributed by atoms with Crippen LogP contribution in [0.4, 0.5) is 0 Å². The van der Waals surface area contributed by atoms with Crippen molar-refractivity contribution in [3.05, 3.63) is 23.6 Å². The maximum absolute atomic E-state index is 9.42. The van der Waals surface area contributed by atoms with Crippen molar-refractivity contribution >= 4 is 0 Å². The van der Waals surface area contributed by atoms with Gasteiger partial charge >= 0.3 is 0 Å². The van der Waals surface area contributed by atoms with Gasteiger partial charge in [-0.15, -0.1) is 0 Å². The van der Waals surface area contributed by atoms with Crippen LogP contribution in [-0.2, 0) is 0 Å². The Bertz CT molecular complexity index is 413. The molecule has 1 aliphatic carbocycles. The standard InChI is InChI=1S/C18H32N2O/c1-12(2)18-10-19-16(11-21)7-6-15-8-13(3)14(4)9-17(15)20(18)5/h8,11-14,17-19,21H,6-7,9-10H2,1-5H3/b16-11+/t13?,14?,17?,18-/m1/s1. The van der Waals surface area contributed by atoms with Crippen molar-refractivity contribution in [1.82, 2.24) is 10.2 Å². The molecule has 0 amide bonds. The van der Waals surface area contributed by atoms with Crippen LogP contribution in [-0.4, -0.2) is 35.7 Å². The van der Waals surface area contributed by atoms with Crippen molar-refractivity contribution < 1.29 is 5.11 Å². The highest BCUT2D eigenvalue weighted by Gasteiger charge is 2.33. The van der Waals surface area contributed by atoms with Gasteiger partial charge in [0, 0.05) is 24.3 Å². The maximum atomic E-state index is 9.42. The molecule has 1 saturated heterocycles. The molecule has 0 aromatic carbocycles. The third-order valence-corrected chi connectivity index (χ3v) is 5.56. The van der Waals surface area contributed by atoms with Gasteiger partial charge in [-0.2, -0.15) is 0 Å². The fourth-order valence-corrected chi connectivity index (χ4v) is 3.80. The van der Waals surface area contributed by atoms with Gasteiger partial charge < -0.3 is 10.4 Å². The first kappa shape index (κ1) is 16.4. The van der Waals surface area contributed by atoms with E-state index in [-0.39, 0.29) is 0 Å². The van der Waals surface area contributed by atoms with E-state index >= 15 is 0 Å². The zero-order valence-electron chi connectivity index (χ0n) is 14.3. The largest absolute Gasteiger partial charge is 0.514 e. The predicted octanol–water partition coefficient (Wildman–Crippen LogP) is 3.70. The molecular formula is C18H32N2O. The number of nitrogens with one attached hydrogen (secondary N) is 1. The Hall–Kier alpha value is -0.960. The molecule has 0 spiro atoms. The Morgan fingerprint density at radius 2 is 2.05 bits per heavy atom. The average molecular weight is 292 g/mol. The molecule has 2 N–H and O–H groups in total. The number of nitrogens with zero attached hydrogens (tertiary/aromatic N) is 1. The van der Waals surface area contributed by atoms with E-state index in [1.165, 1.54) is 12.7 Å². The fourth-order valence-electron chi connectivity index (χ4n) is 3.80. The van der Waals surface area contributed by atoms with Crippen LogP contribution in [0.5, 0.6) is 0 Å². The first-order valence-corrected chi connectivity index (χ1v) is 8.43. The quantitative estimate of drug-likeness (QED) is 0.571. The van der Waals surface area contributed by atoms with Crippen molar-refractivity contribution in [2.75, 3.05) is 13.6 Å². The van der Waals surface area contributed by atoms with Crippen LogP contribution in [0, 0.1) is 17.8 Å². The zero-order chi connectivity index (χ0) is 15.6. The first-order valence-electron chi connectivity index (χ1n) is 8.43. The molecule has 1 aliphatic heterocycles. The van der Waals surface area contributed by atoms with E-state index in [1.54, 1.807) is 5.57 Å². The number of aliphatic hydroxyl groups is 1. The van der Waals surface area contributed by atoms with Crippen LogP contribution in [0.1, 0.15) is 47.0 Å². The van der Waals surface area contributed by atoms with Crippen molar-refractivity contribution in [2.45, 2.75) is 59.0 Å². The number of hydrogen-bond acceptors (Lipinski definition) is 3. The summed E-state index contributed by atoms with van der Waals surface area (Å²) in [5.74, 6) is 2.00. The molecule has 3 nitrogen and oxygen atoms in total. The molecule has 0 bridgehead atoms. The molecule has 21 heavy (non-hydrogen) atoms. The van der Waals surface area contributed by atoms with Crippen LogP contribution in [0.15, 0.2) is 23.6 Å². The molecule has 3 heteroatoms. The minimum absolute atomic E-state index is 0.493. The molecule has 1 heterocycles. The SMILES string of the molecule is CC1C=C2CC/C(=C\O)NC[C@H](C(C)C)N(C)C2CC1C. The summed E-state index contributed by atoms with van der Waals surface area (Å²) in [5.41, 5.74) is 2.54. The molecule has 120 valence electrons. The van der Waals surface area contributed by atoms with E-state index in [9.17, 15) is 5.11 Å². The second-order valence-electron chi connectivity index (χ2n) is 7.34. The molecule has 0 saturated carbocycles. The Labute approximate surface area is 130 Å². The van der Waals surface area contributed by atoms with E-state index in [1.807, 2.05) is 0 Å². The number of hydrogen-bond donors (Lipinski definition) is 2. The first-order chi connectivity index (χ1) is 9.93. The second-order valence-corrected chi connectivity index (χ2v) is 7.34. The number of likely N-dealkylation sites (N-methyl/N-ethyl adjacent to an activating group) is 1. The maximum Gasteiger partial charge on any atom is 0.0981 e. The Morgan fingerprint density at radius 1 is 1.33 bits per heavy atom. The summed E-state index contributed by atoms with van der Waals surface area (Å²) in [5, 5.41) is 12.9.